The second-order valence-corrected chi connectivity index (χ2v) is 11.7. The summed E-state index contributed by atoms with van der Waals surface area (Å²) in [7, 11) is -2.58. The number of sulfonamides is 1. The van der Waals surface area contributed by atoms with E-state index in [1.165, 1.54) is 17.0 Å². The van der Waals surface area contributed by atoms with Crippen LogP contribution in [0.4, 0.5) is 5.69 Å². The van der Waals surface area contributed by atoms with Gasteiger partial charge in [-0.2, -0.15) is 0 Å². The van der Waals surface area contributed by atoms with Gasteiger partial charge in [0.05, 0.1) is 17.7 Å². The summed E-state index contributed by atoms with van der Waals surface area (Å²) in [6.45, 7) is 5.25. The molecule has 0 aliphatic rings. The molecule has 3 aromatic carbocycles. The van der Waals surface area contributed by atoms with Crippen LogP contribution in [0.1, 0.15) is 39.2 Å². The largest absolute Gasteiger partial charge is 0.497 e. The van der Waals surface area contributed by atoms with Crippen LogP contribution in [-0.4, -0.2) is 50.9 Å². The summed E-state index contributed by atoms with van der Waals surface area (Å²) >= 11 is 6.07. The molecular weight excluding hydrogens is 550 g/mol. The van der Waals surface area contributed by atoms with E-state index >= 15 is 0 Å². The maximum atomic E-state index is 14.1. The Bertz CT molecular complexity index is 1380. The Kier molecular flexibility index (Phi) is 11.0. The van der Waals surface area contributed by atoms with E-state index in [0.717, 1.165) is 16.3 Å². The van der Waals surface area contributed by atoms with Crippen molar-refractivity contribution < 1.29 is 22.7 Å². The van der Waals surface area contributed by atoms with Crippen molar-refractivity contribution in [1.82, 2.24) is 10.2 Å². The normalized spacial score (nSPS) is 12.7. The maximum absolute atomic E-state index is 14.1. The van der Waals surface area contributed by atoms with Crippen LogP contribution in [0, 0.1) is 0 Å². The van der Waals surface area contributed by atoms with Crippen LogP contribution in [-0.2, 0) is 26.2 Å². The standard InChI is InChI=1S/C30H36ClN3O5S/c1-5-22(3)32-30(36)28(6-2)33(20-23-11-10-12-26(19-23)39-4)29(35)21-34(25-17-15-24(31)16-18-25)40(37,38)27-13-8-7-9-14-27/h7-19,22,28H,5-6,20-21H2,1-4H3,(H,32,36)/t22-,28+/m1/s1. The molecule has 214 valence electrons. The quantitative estimate of drug-likeness (QED) is 0.295. The van der Waals surface area contributed by atoms with E-state index in [9.17, 15) is 18.0 Å². The third-order valence-electron chi connectivity index (χ3n) is 6.60. The molecule has 3 aromatic rings. The van der Waals surface area contributed by atoms with Crippen molar-refractivity contribution in [2.24, 2.45) is 0 Å². The van der Waals surface area contributed by atoms with Gasteiger partial charge in [0.15, 0.2) is 0 Å². The van der Waals surface area contributed by atoms with Crippen LogP contribution in [0.2, 0.25) is 5.02 Å². The third kappa shape index (κ3) is 7.76. The zero-order chi connectivity index (χ0) is 29.3. The van der Waals surface area contributed by atoms with Crippen molar-refractivity contribution in [1.29, 1.82) is 0 Å². The van der Waals surface area contributed by atoms with E-state index in [-0.39, 0.29) is 29.1 Å². The van der Waals surface area contributed by atoms with Crippen molar-refractivity contribution in [3.63, 3.8) is 0 Å². The zero-order valence-corrected chi connectivity index (χ0v) is 24.8. The summed E-state index contributed by atoms with van der Waals surface area (Å²) in [5, 5.41) is 3.40. The molecule has 0 radical (unpaired) electrons. The lowest BCUT2D eigenvalue weighted by molar-refractivity contribution is -0.140. The highest BCUT2D eigenvalue weighted by atomic mass is 35.5. The van der Waals surface area contributed by atoms with Gasteiger partial charge in [-0.3, -0.25) is 13.9 Å². The topological polar surface area (TPSA) is 96.0 Å². The monoisotopic (exact) mass is 585 g/mol. The highest BCUT2D eigenvalue weighted by molar-refractivity contribution is 7.92. The van der Waals surface area contributed by atoms with E-state index < -0.39 is 28.5 Å². The van der Waals surface area contributed by atoms with Gasteiger partial charge in [0.2, 0.25) is 11.8 Å². The van der Waals surface area contributed by atoms with Gasteiger partial charge >= 0.3 is 0 Å². The molecule has 0 bridgehead atoms. The number of methoxy groups -OCH3 is 1. The van der Waals surface area contributed by atoms with Gasteiger partial charge in [0, 0.05) is 17.6 Å². The van der Waals surface area contributed by atoms with Crippen LogP contribution >= 0.6 is 11.6 Å². The molecule has 0 aromatic heterocycles. The highest BCUT2D eigenvalue weighted by Gasteiger charge is 2.34. The van der Waals surface area contributed by atoms with Crippen molar-refractivity contribution in [2.75, 3.05) is 18.0 Å². The number of benzene rings is 3. The molecule has 0 heterocycles. The molecule has 1 N–H and O–H groups in total. The van der Waals surface area contributed by atoms with Gasteiger partial charge in [-0.25, -0.2) is 8.42 Å². The minimum atomic E-state index is -4.13. The highest BCUT2D eigenvalue weighted by Crippen LogP contribution is 2.26. The lowest BCUT2D eigenvalue weighted by Crippen LogP contribution is -2.53. The number of rotatable bonds is 13. The SMILES string of the molecule is CC[C@@H](C)NC(=O)[C@H](CC)N(Cc1cccc(OC)c1)C(=O)CN(c1ccc(Cl)cc1)S(=O)(=O)c1ccccc1. The van der Waals surface area contributed by atoms with Crippen LogP contribution in [0.15, 0.2) is 83.8 Å². The third-order valence-corrected chi connectivity index (χ3v) is 8.64. The van der Waals surface area contributed by atoms with Gasteiger partial charge in [0.1, 0.15) is 18.3 Å². The number of ether oxygens (including phenoxy) is 1. The molecular formula is C30H36ClN3O5S. The van der Waals surface area contributed by atoms with Crippen molar-refractivity contribution in [3.8, 4) is 5.75 Å². The molecule has 2 atom stereocenters. The number of carbonyl (C=O) groups excluding carboxylic acids is 2. The number of nitrogens with one attached hydrogen (secondary N) is 1. The Labute approximate surface area is 241 Å². The summed E-state index contributed by atoms with van der Waals surface area (Å²) in [6, 6.07) is 20.5. The summed E-state index contributed by atoms with van der Waals surface area (Å²) in [5.74, 6) is -0.211. The van der Waals surface area contributed by atoms with Crippen LogP contribution in [0.3, 0.4) is 0 Å². The van der Waals surface area contributed by atoms with E-state index in [0.29, 0.717) is 17.2 Å². The second kappa shape index (κ2) is 14.2. The van der Waals surface area contributed by atoms with E-state index in [1.807, 2.05) is 26.8 Å². The van der Waals surface area contributed by atoms with Gasteiger partial charge in [-0.05, 0) is 73.9 Å². The smallest absolute Gasteiger partial charge is 0.264 e. The number of anilines is 1. The van der Waals surface area contributed by atoms with Crippen molar-refractivity contribution in [3.05, 3.63) is 89.4 Å². The number of hydrogen-bond donors (Lipinski definition) is 1. The number of halogens is 1. The Morgan fingerprint density at radius 3 is 2.23 bits per heavy atom. The van der Waals surface area contributed by atoms with E-state index in [2.05, 4.69) is 5.32 Å². The number of nitrogens with zero attached hydrogens (tertiary/aromatic N) is 2. The number of hydrogen-bond acceptors (Lipinski definition) is 5. The van der Waals surface area contributed by atoms with Gasteiger partial charge in [-0.1, -0.05) is 55.8 Å². The predicted molar refractivity (Wildman–Crippen MR) is 158 cm³/mol. The molecule has 10 heteroatoms. The fraction of sp³-hybridized carbons (Fsp3) is 0.333. The molecule has 40 heavy (non-hydrogen) atoms. The average Bonchev–Trinajstić information content (AvgIpc) is 2.96. The molecule has 0 aliphatic heterocycles. The lowest BCUT2D eigenvalue weighted by atomic mass is 10.1. The van der Waals surface area contributed by atoms with Gasteiger partial charge in [-0.15, -0.1) is 0 Å². The molecule has 0 unspecified atom stereocenters. The average molecular weight is 586 g/mol. The maximum Gasteiger partial charge on any atom is 0.264 e. The first-order chi connectivity index (χ1) is 19.1. The minimum absolute atomic E-state index is 0.0404. The molecule has 0 fully saturated rings. The summed E-state index contributed by atoms with van der Waals surface area (Å²) in [4.78, 5) is 28.9. The molecule has 0 saturated carbocycles. The fourth-order valence-corrected chi connectivity index (χ4v) is 5.75. The first-order valence-corrected chi connectivity index (χ1v) is 15.0. The lowest BCUT2D eigenvalue weighted by Gasteiger charge is -2.33. The predicted octanol–water partition coefficient (Wildman–Crippen LogP) is 5.27. The molecule has 3 rings (SSSR count). The molecule has 2 amide bonds. The minimum Gasteiger partial charge on any atom is -0.497 e. The van der Waals surface area contributed by atoms with Gasteiger partial charge < -0.3 is 15.0 Å². The second-order valence-electron chi connectivity index (χ2n) is 9.42. The number of carbonyl (C=O) groups is 2. The summed E-state index contributed by atoms with van der Waals surface area (Å²) in [5.41, 5.74) is 1.02. The summed E-state index contributed by atoms with van der Waals surface area (Å²) in [6.07, 6.45) is 1.07. The van der Waals surface area contributed by atoms with Gasteiger partial charge in [0.25, 0.3) is 10.0 Å². The fourth-order valence-electron chi connectivity index (χ4n) is 4.18. The first-order valence-electron chi connectivity index (χ1n) is 13.2. The van der Waals surface area contributed by atoms with E-state index in [4.69, 9.17) is 16.3 Å². The Balaban J connectivity index is 2.05. The Hall–Kier alpha value is -3.56. The Morgan fingerprint density at radius 1 is 0.950 bits per heavy atom. The van der Waals surface area contributed by atoms with Crippen LogP contribution in [0.25, 0.3) is 0 Å². The molecule has 0 saturated heterocycles. The Morgan fingerprint density at radius 2 is 1.62 bits per heavy atom. The number of amides is 2. The molecule has 8 nitrogen and oxygen atoms in total. The summed E-state index contributed by atoms with van der Waals surface area (Å²) < 4.78 is 34.0. The first kappa shape index (κ1) is 31.0. The molecule has 0 spiro atoms. The molecule has 0 aliphatic carbocycles. The zero-order valence-electron chi connectivity index (χ0n) is 23.2. The van der Waals surface area contributed by atoms with Crippen molar-refractivity contribution in [2.45, 2.75) is 57.1 Å². The van der Waals surface area contributed by atoms with Crippen molar-refractivity contribution >= 4 is 39.1 Å². The van der Waals surface area contributed by atoms with Crippen LogP contribution in [0.5, 0.6) is 5.75 Å². The van der Waals surface area contributed by atoms with E-state index in [1.54, 1.807) is 67.8 Å². The van der Waals surface area contributed by atoms with Crippen LogP contribution < -0.4 is 14.4 Å².